The summed E-state index contributed by atoms with van der Waals surface area (Å²) in [5.74, 6) is 0.412. The van der Waals surface area contributed by atoms with Crippen LogP contribution in [-0.4, -0.2) is 37.8 Å². The Hall–Kier alpha value is -3.05. The number of carbonyl (C=O) groups is 1. The fourth-order valence-electron chi connectivity index (χ4n) is 4.85. The van der Waals surface area contributed by atoms with Crippen LogP contribution in [0.3, 0.4) is 0 Å². The molecule has 2 aliphatic rings. The SMILES string of the molecule is Cc1ccc(-c2ccc(-c3cccc4c3C(=O)N([C@@H](C3CC3)C(C)(C)O)C4)cc2)nn1. The van der Waals surface area contributed by atoms with E-state index >= 15 is 0 Å². The number of amides is 1. The molecule has 1 N–H and O–H groups in total. The molecule has 2 heterocycles. The first-order valence-corrected chi connectivity index (χ1v) is 10.9. The van der Waals surface area contributed by atoms with Crippen LogP contribution in [0.5, 0.6) is 0 Å². The molecule has 0 unspecified atom stereocenters. The summed E-state index contributed by atoms with van der Waals surface area (Å²) in [7, 11) is 0. The highest BCUT2D eigenvalue weighted by atomic mass is 16.3. The fraction of sp³-hybridized carbons (Fsp3) is 0.346. The maximum atomic E-state index is 13.5. The highest BCUT2D eigenvalue weighted by Gasteiger charge is 2.48. The first kappa shape index (κ1) is 19.9. The summed E-state index contributed by atoms with van der Waals surface area (Å²) < 4.78 is 0. The van der Waals surface area contributed by atoms with Gasteiger partial charge in [-0.2, -0.15) is 10.2 Å². The van der Waals surface area contributed by atoms with Crippen molar-refractivity contribution >= 4 is 5.91 Å². The molecule has 5 heteroatoms. The van der Waals surface area contributed by atoms with E-state index in [4.69, 9.17) is 0 Å². The van der Waals surface area contributed by atoms with Crippen molar-refractivity contribution in [2.75, 3.05) is 0 Å². The minimum absolute atomic E-state index is 0.0260. The molecule has 0 saturated heterocycles. The monoisotopic (exact) mass is 413 g/mol. The molecule has 1 atom stereocenters. The van der Waals surface area contributed by atoms with Crippen LogP contribution in [0.2, 0.25) is 0 Å². The van der Waals surface area contributed by atoms with Gasteiger partial charge in [0.25, 0.3) is 5.91 Å². The zero-order valence-electron chi connectivity index (χ0n) is 18.2. The third kappa shape index (κ3) is 3.63. The molecule has 5 nitrogen and oxygen atoms in total. The van der Waals surface area contributed by atoms with Gasteiger partial charge in [0.2, 0.25) is 0 Å². The molecule has 1 aliphatic carbocycles. The Morgan fingerprint density at radius 2 is 1.71 bits per heavy atom. The second-order valence-electron chi connectivity index (χ2n) is 9.35. The molecular formula is C26H27N3O2. The van der Waals surface area contributed by atoms with Crippen molar-refractivity contribution in [3.63, 3.8) is 0 Å². The number of hydrogen-bond acceptors (Lipinski definition) is 4. The number of carbonyl (C=O) groups excluding carboxylic acids is 1. The largest absolute Gasteiger partial charge is 0.388 e. The summed E-state index contributed by atoms with van der Waals surface area (Å²) in [6, 6.07) is 17.9. The van der Waals surface area contributed by atoms with Gasteiger partial charge in [-0.25, -0.2) is 0 Å². The van der Waals surface area contributed by atoms with E-state index in [1.807, 2.05) is 80.3 Å². The van der Waals surface area contributed by atoms with Gasteiger partial charge >= 0.3 is 0 Å². The van der Waals surface area contributed by atoms with Crippen molar-refractivity contribution in [3.05, 3.63) is 71.4 Å². The summed E-state index contributed by atoms with van der Waals surface area (Å²) in [5.41, 5.74) is 5.53. The molecule has 0 bridgehead atoms. The van der Waals surface area contributed by atoms with E-state index in [1.165, 1.54) is 0 Å². The fourth-order valence-corrected chi connectivity index (χ4v) is 4.85. The normalized spacial score (nSPS) is 17.0. The van der Waals surface area contributed by atoms with Gasteiger partial charge in [0.15, 0.2) is 0 Å². The van der Waals surface area contributed by atoms with Crippen LogP contribution in [0.25, 0.3) is 22.4 Å². The predicted octanol–water partition coefficient (Wildman–Crippen LogP) is 4.62. The lowest BCUT2D eigenvalue weighted by Crippen LogP contribution is -2.51. The van der Waals surface area contributed by atoms with Gasteiger partial charge in [-0.15, -0.1) is 0 Å². The second kappa shape index (κ2) is 7.27. The van der Waals surface area contributed by atoms with Crippen LogP contribution >= 0.6 is 0 Å². The summed E-state index contributed by atoms with van der Waals surface area (Å²) in [4.78, 5) is 15.4. The molecule has 31 heavy (non-hydrogen) atoms. The molecule has 158 valence electrons. The van der Waals surface area contributed by atoms with Gasteiger partial charge in [-0.05, 0) is 68.4 Å². The van der Waals surface area contributed by atoms with Gasteiger partial charge in [0.1, 0.15) is 0 Å². The second-order valence-corrected chi connectivity index (χ2v) is 9.35. The van der Waals surface area contributed by atoms with Crippen LogP contribution in [0, 0.1) is 12.8 Å². The number of fused-ring (bicyclic) bond motifs is 1. The highest BCUT2D eigenvalue weighted by molar-refractivity contribution is 6.04. The number of aryl methyl sites for hydroxylation is 1. The molecule has 0 radical (unpaired) electrons. The van der Waals surface area contributed by atoms with E-state index in [1.54, 1.807) is 0 Å². The van der Waals surface area contributed by atoms with Crippen molar-refractivity contribution < 1.29 is 9.90 Å². The smallest absolute Gasteiger partial charge is 0.255 e. The standard InChI is InChI=1S/C26H27N3O2/c1-16-7-14-22(28-27-16)18-10-8-17(9-11-18)21-6-4-5-20-15-29(25(30)23(20)21)24(19-12-13-19)26(2,3)31/h4-11,14,19,24,31H,12-13,15H2,1-3H3/t24-/m0/s1. The van der Waals surface area contributed by atoms with Crippen LogP contribution in [-0.2, 0) is 6.54 Å². The molecule has 1 aromatic heterocycles. The Bertz CT molecular complexity index is 1130. The first-order chi connectivity index (χ1) is 14.8. The molecular weight excluding hydrogens is 386 g/mol. The van der Waals surface area contributed by atoms with Crippen molar-refractivity contribution in [2.45, 2.75) is 51.8 Å². The average Bonchev–Trinajstić information content (AvgIpc) is 3.51. The van der Waals surface area contributed by atoms with Crippen molar-refractivity contribution in [2.24, 2.45) is 5.92 Å². The Kier molecular flexibility index (Phi) is 4.67. The summed E-state index contributed by atoms with van der Waals surface area (Å²) >= 11 is 0. The minimum Gasteiger partial charge on any atom is -0.388 e. The van der Waals surface area contributed by atoms with E-state index in [9.17, 15) is 9.90 Å². The zero-order valence-corrected chi connectivity index (χ0v) is 18.2. The van der Waals surface area contributed by atoms with E-state index < -0.39 is 5.60 Å². The van der Waals surface area contributed by atoms with E-state index in [0.29, 0.717) is 12.5 Å². The van der Waals surface area contributed by atoms with Gasteiger partial charge in [0.05, 0.1) is 28.6 Å². The number of benzene rings is 2. The number of hydrogen-bond donors (Lipinski definition) is 1. The number of aliphatic hydroxyl groups is 1. The molecule has 1 fully saturated rings. The van der Waals surface area contributed by atoms with E-state index in [0.717, 1.165) is 52.0 Å². The summed E-state index contributed by atoms with van der Waals surface area (Å²) in [6.07, 6.45) is 2.15. The van der Waals surface area contributed by atoms with Gasteiger partial charge < -0.3 is 10.0 Å². The minimum atomic E-state index is -0.921. The van der Waals surface area contributed by atoms with Crippen molar-refractivity contribution in [1.82, 2.24) is 15.1 Å². The van der Waals surface area contributed by atoms with Crippen molar-refractivity contribution in [1.29, 1.82) is 0 Å². The molecule has 5 rings (SSSR count). The van der Waals surface area contributed by atoms with Gasteiger partial charge in [0, 0.05) is 12.1 Å². The molecule has 1 saturated carbocycles. The number of aromatic nitrogens is 2. The van der Waals surface area contributed by atoms with Crippen LogP contribution in [0.15, 0.2) is 54.6 Å². The lowest BCUT2D eigenvalue weighted by atomic mass is 9.92. The molecule has 0 spiro atoms. The Morgan fingerprint density at radius 1 is 1.00 bits per heavy atom. The topological polar surface area (TPSA) is 66.3 Å². The maximum absolute atomic E-state index is 13.5. The average molecular weight is 414 g/mol. The molecule has 2 aromatic carbocycles. The van der Waals surface area contributed by atoms with E-state index in [-0.39, 0.29) is 11.9 Å². The lowest BCUT2D eigenvalue weighted by Gasteiger charge is -2.37. The molecule has 3 aromatic rings. The maximum Gasteiger partial charge on any atom is 0.255 e. The third-order valence-electron chi connectivity index (χ3n) is 6.38. The number of nitrogens with zero attached hydrogens (tertiary/aromatic N) is 3. The summed E-state index contributed by atoms with van der Waals surface area (Å²) in [6.45, 7) is 6.12. The Morgan fingerprint density at radius 3 is 2.32 bits per heavy atom. The van der Waals surface area contributed by atoms with E-state index in [2.05, 4.69) is 10.2 Å². The van der Waals surface area contributed by atoms with Crippen molar-refractivity contribution in [3.8, 4) is 22.4 Å². The Balaban J connectivity index is 1.48. The third-order valence-corrected chi connectivity index (χ3v) is 6.38. The zero-order chi connectivity index (χ0) is 21.8. The number of rotatable bonds is 5. The predicted molar refractivity (Wildman–Crippen MR) is 120 cm³/mol. The molecule has 1 aliphatic heterocycles. The van der Waals surface area contributed by atoms with Gasteiger partial charge in [-0.1, -0.05) is 42.5 Å². The van der Waals surface area contributed by atoms with Crippen LogP contribution < -0.4 is 0 Å². The highest BCUT2D eigenvalue weighted by Crippen LogP contribution is 2.44. The van der Waals surface area contributed by atoms with Crippen LogP contribution in [0.4, 0.5) is 0 Å². The quantitative estimate of drug-likeness (QED) is 0.663. The summed E-state index contributed by atoms with van der Waals surface area (Å²) in [5, 5.41) is 19.2. The Labute approximate surface area is 182 Å². The lowest BCUT2D eigenvalue weighted by molar-refractivity contribution is -0.0224. The van der Waals surface area contributed by atoms with Crippen LogP contribution in [0.1, 0.15) is 48.3 Å². The first-order valence-electron chi connectivity index (χ1n) is 10.9. The van der Waals surface area contributed by atoms with Gasteiger partial charge in [-0.3, -0.25) is 4.79 Å². The molecule has 1 amide bonds.